The second kappa shape index (κ2) is 4.13. The molecule has 0 atom stereocenters. The summed E-state index contributed by atoms with van der Waals surface area (Å²) in [6.45, 7) is 0. The Hall–Kier alpha value is -0.830. The van der Waals surface area contributed by atoms with E-state index in [4.69, 9.17) is 4.74 Å². The first-order valence-electron chi connectivity index (χ1n) is 3.35. The van der Waals surface area contributed by atoms with Gasteiger partial charge in [-0.25, -0.2) is 0 Å². The fourth-order valence-corrected chi connectivity index (χ4v) is 0.983. The lowest BCUT2D eigenvalue weighted by Crippen LogP contribution is -1.93. The van der Waals surface area contributed by atoms with Crippen LogP contribution in [0.25, 0.3) is 0 Å². The molecule has 0 radical (unpaired) electrons. The maximum absolute atomic E-state index is 5.00. The minimum absolute atomic E-state index is 0.645. The van der Waals surface area contributed by atoms with Crippen LogP contribution in [-0.4, -0.2) is 13.0 Å². The van der Waals surface area contributed by atoms with Crippen molar-refractivity contribution in [1.29, 1.82) is 0 Å². The Bertz CT molecular complexity index is 210. The number of hydrogen-bond donors (Lipinski definition) is 2. The largest absolute Gasteiger partial charge is 0.497 e. The van der Waals surface area contributed by atoms with Crippen LogP contribution < -0.4 is 10.1 Å². The normalized spacial score (nSPS) is 9.27. The minimum atomic E-state index is 0.645. The van der Waals surface area contributed by atoms with Crippen LogP contribution >= 0.6 is 12.6 Å². The first-order valence-corrected chi connectivity index (χ1v) is 3.99. The Kier molecular flexibility index (Phi) is 3.11. The van der Waals surface area contributed by atoms with Crippen LogP contribution in [0.1, 0.15) is 0 Å². The third-order valence-corrected chi connectivity index (χ3v) is 1.53. The fraction of sp³-hybridized carbons (Fsp3) is 0.250. The summed E-state index contributed by atoms with van der Waals surface area (Å²) in [5.41, 5.74) is 1.06. The van der Waals surface area contributed by atoms with Crippen LogP contribution in [0.15, 0.2) is 24.3 Å². The molecular weight excluding hydrogens is 158 g/mol. The van der Waals surface area contributed by atoms with E-state index < -0.39 is 0 Å². The van der Waals surface area contributed by atoms with Gasteiger partial charge in [0.25, 0.3) is 0 Å². The highest BCUT2D eigenvalue weighted by atomic mass is 32.1. The third-order valence-electron chi connectivity index (χ3n) is 1.37. The Labute approximate surface area is 72.0 Å². The van der Waals surface area contributed by atoms with Gasteiger partial charge in [0.05, 0.1) is 13.0 Å². The molecule has 0 aliphatic rings. The van der Waals surface area contributed by atoms with Gasteiger partial charge in [0.2, 0.25) is 0 Å². The number of rotatable bonds is 3. The quantitative estimate of drug-likeness (QED) is 0.533. The highest BCUT2D eigenvalue weighted by Crippen LogP contribution is 2.14. The van der Waals surface area contributed by atoms with Crippen molar-refractivity contribution in [2.45, 2.75) is 0 Å². The lowest BCUT2D eigenvalue weighted by atomic mass is 10.3. The molecule has 0 fully saturated rings. The Morgan fingerprint density at radius 2 is 2.00 bits per heavy atom. The molecule has 1 N–H and O–H groups in total. The van der Waals surface area contributed by atoms with Crippen molar-refractivity contribution in [3.05, 3.63) is 24.3 Å². The highest BCUT2D eigenvalue weighted by Gasteiger charge is 1.90. The van der Waals surface area contributed by atoms with E-state index in [9.17, 15) is 0 Å². The molecule has 11 heavy (non-hydrogen) atoms. The topological polar surface area (TPSA) is 21.3 Å². The molecule has 1 rings (SSSR count). The Morgan fingerprint density at radius 3 is 2.45 bits per heavy atom. The molecule has 1 aromatic carbocycles. The van der Waals surface area contributed by atoms with E-state index in [1.807, 2.05) is 24.3 Å². The molecule has 2 nitrogen and oxygen atoms in total. The standard InChI is InChI=1S/C8H11NOS/c1-10-8-4-2-7(3-5-8)9-6-11/h2-5,9,11H,6H2,1H3. The van der Waals surface area contributed by atoms with Gasteiger partial charge in [0, 0.05) is 5.69 Å². The van der Waals surface area contributed by atoms with Crippen molar-refractivity contribution >= 4 is 18.3 Å². The predicted molar refractivity (Wildman–Crippen MR) is 50.5 cm³/mol. The monoisotopic (exact) mass is 169 g/mol. The van der Waals surface area contributed by atoms with Crippen LogP contribution in [-0.2, 0) is 0 Å². The minimum Gasteiger partial charge on any atom is -0.497 e. The van der Waals surface area contributed by atoms with Gasteiger partial charge in [0.1, 0.15) is 5.75 Å². The molecule has 0 saturated heterocycles. The SMILES string of the molecule is COc1ccc(NCS)cc1. The molecule has 0 unspecified atom stereocenters. The zero-order valence-electron chi connectivity index (χ0n) is 6.37. The summed E-state index contributed by atoms with van der Waals surface area (Å²) in [7, 11) is 1.65. The van der Waals surface area contributed by atoms with E-state index in [0.717, 1.165) is 11.4 Å². The van der Waals surface area contributed by atoms with Gasteiger partial charge in [-0.05, 0) is 24.3 Å². The van der Waals surface area contributed by atoms with Crippen molar-refractivity contribution in [3.8, 4) is 5.75 Å². The summed E-state index contributed by atoms with van der Waals surface area (Å²) >= 11 is 4.04. The second-order valence-corrected chi connectivity index (χ2v) is 2.38. The van der Waals surface area contributed by atoms with Gasteiger partial charge in [-0.15, -0.1) is 0 Å². The van der Waals surface area contributed by atoms with Gasteiger partial charge in [-0.2, -0.15) is 12.6 Å². The molecule has 0 aromatic heterocycles. The number of nitrogens with one attached hydrogen (secondary N) is 1. The molecule has 0 amide bonds. The lowest BCUT2D eigenvalue weighted by Gasteiger charge is -2.03. The van der Waals surface area contributed by atoms with E-state index in [0.29, 0.717) is 5.88 Å². The van der Waals surface area contributed by atoms with Gasteiger partial charge >= 0.3 is 0 Å². The van der Waals surface area contributed by atoms with Crippen LogP contribution in [0.3, 0.4) is 0 Å². The number of thiol groups is 1. The molecule has 60 valence electrons. The first-order chi connectivity index (χ1) is 5.36. The van der Waals surface area contributed by atoms with Gasteiger partial charge in [-0.1, -0.05) is 0 Å². The van der Waals surface area contributed by atoms with Gasteiger partial charge < -0.3 is 10.1 Å². The molecule has 0 aliphatic carbocycles. The summed E-state index contributed by atoms with van der Waals surface area (Å²) in [6, 6.07) is 7.72. The van der Waals surface area contributed by atoms with Crippen molar-refractivity contribution in [2.75, 3.05) is 18.3 Å². The third kappa shape index (κ3) is 2.35. The summed E-state index contributed by atoms with van der Waals surface area (Å²) in [5, 5.41) is 3.07. The molecule has 0 bridgehead atoms. The van der Waals surface area contributed by atoms with Crippen LogP contribution in [0.2, 0.25) is 0 Å². The van der Waals surface area contributed by atoms with Crippen molar-refractivity contribution in [1.82, 2.24) is 0 Å². The maximum Gasteiger partial charge on any atom is 0.119 e. The number of benzene rings is 1. The van der Waals surface area contributed by atoms with E-state index >= 15 is 0 Å². The molecular formula is C8H11NOS. The number of hydrogen-bond acceptors (Lipinski definition) is 3. The van der Waals surface area contributed by atoms with E-state index in [1.54, 1.807) is 7.11 Å². The molecule has 0 saturated carbocycles. The lowest BCUT2D eigenvalue weighted by molar-refractivity contribution is 0.415. The second-order valence-electron chi connectivity index (χ2n) is 2.06. The average molecular weight is 169 g/mol. The Morgan fingerprint density at radius 1 is 1.36 bits per heavy atom. The van der Waals surface area contributed by atoms with Crippen LogP contribution in [0, 0.1) is 0 Å². The van der Waals surface area contributed by atoms with Crippen LogP contribution in [0.4, 0.5) is 5.69 Å². The average Bonchev–Trinajstić information content (AvgIpc) is 2.07. The summed E-state index contributed by atoms with van der Waals surface area (Å²) in [4.78, 5) is 0. The molecule has 3 heteroatoms. The zero-order valence-corrected chi connectivity index (χ0v) is 7.27. The number of methoxy groups -OCH3 is 1. The van der Waals surface area contributed by atoms with Crippen molar-refractivity contribution in [2.24, 2.45) is 0 Å². The van der Waals surface area contributed by atoms with Crippen LogP contribution in [0.5, 0.6) is 5.75 Å². The summed E-state index contributed by atoms with van der Waals surface area (Å²) in [5.74, 6) is 1.52. The van der Waals surface area contributed by atoms with E-state index in [1.165, 1.54) is 0 Å². The van der Waals surface area contributed by atoms with Gasteiger partial charge in [0.15, 0.2) is 0 Å². The van der Waals surface area contributed by atoms with Crippen molar-refractivity contribution < 1.29 is 4.74 Å². The number of anilines is 1. The fourth-order valence-electron chi connectivity index (χ4n) is 0.800. The molecule has 1 aromatic rings. The smallest absolute Gasteiger partial charge is 0.119 e. The molecule has 0 spiro atoms. The maximum atomic E-state index is 5.00. The van der Waals surface area contributed by atoms with E-state index in [-0.39, 0.29) is 0 Å². The molecule has 0 aliphatic heterocycles. The van der Waals surface area contributed by atoms with Crippen molar-refractivity contribution in [3.63, 3.8) is 0 Å². The highest BCUT2D eigenvalue weighted by molar-refractivity contribution is 7.80. The molecule has 0 heterocycles. The zero-order chi connectivity index (χ0) is 8.10. The number of ether oxygens (including phenoxy) is 1. The summed E-state index contributed by atoms with van der Waals surface area (Å²) < 4.78 is 5.00. The predicted octanol–water partition coefficient (Wildman–Crippen LogP) is 1.99. The van der Waals surface area contributed by atoms with Gasteiger partial charge in [-0.3, -0.25) is 0 Å². The first kappa shape index (κ1) is 8.27. The Balaban J connectivity index is 2.66. The van der Waals surface area contributed by atoms with E-state index in [2.05, 4.69) is 17.9 Å². The summed E-state index contributed by atoms with van der Waals surface area (Å²) in [6.07, 6.45) is 0.